The molecule has 0 amide bonds. The Bertz CT molecular complexity index is 304. The van der Waals surface area contributed by atoms with Crippen LogP contribution in [0.3, 0.4) is 0 Å². The minimum absolute atomic E-state index is 0.224. The van der Waals surface area contributed by atoms with Crippen LogP contribution in [0.25, 0.3) is 0 Å². The highest BCUT2D eigenvalue weighted by Crippen LogP contribution is 2.42. The van der Waals surface area contributed by atoms with Crippen LogP contribution in [0.1, 0.15) is 58.3 Å². The summed E-state index contributed by atoms with van der Waals surface area (Å²) in [6.07, 6.45) is 10.0. The van der Waals surface area contributed by atoms with Gasteiger partial charge >= 0.3 is 0 Å². The van der Waals surface area contributed by atoms with E-state index in [0.717, 1.165) is 6.54 Å². The van der Waals surface area contributed by atoms with E-state index in [-0.39, 0.29) is 5.60 Å². The van der Waals surface area contributed by atoms with Crippen molar-refractivity contribution in [1.82, 2.24) is 4.90 Å². The third-order valence-corrected chi connectivity index (χ3v) is 4.73. The SMILES string of the molecule is CC(CC#N)N(C)CC1CCC2(CCCCC2)O1. The Hall–Kier alpha value is -0.590. The van der Waals surface area contributed by atoms with Gasteiger partial charge in [-0.2, -0.15) is 5.26 Å². The van der Waals surface area contributed by atoms with Crippen LogP contribution in [0.5, 0.6) is 0 Å². The third-order valence-electron chi connectivity index (χ3n) is 4.73. The van der Waals surface area contributed by atoms with Crippen molar-refractivity contribution in [3.63, 3.8) is 0 Å². The van der Waals surface area contributed by atoms with E-state index in [1.807, 2.05) is 0 Å². The molecule has 1 aliphatic heterocycles. The van der Waals surface area contributed by atoms with E-state index in [4.69, 9.17) is 10.00 Å². The molecule has 0 aromatic rings. The lowest BCUT2D eigenvalue weighted by molar-refractivity contribution is -0.0721. The monoisotopic (exact) mass is 250 g/mol. The van der Waals surface area contributed by atoms with Gasteiger partial charge in [0.1, 0.15) is 0 Å². The van der Waals surface area contributed by atoms with Crippen molar-refractivity contribution in [2.75, 3.05) is 13.6 Å². The molecule has 0 bridgehead atoms. The van der Waals surface area contributed by atoms with Gasteiger partial charge in [0.05, 0.1) is 24.2 Å². The average molecular weight is 250 g/mol. The molecule has 1 heterocycles. The molecule has 2 rings (SSSR count). The summed E-state index contributed by atoms with van der Waals surface area (Å²) in [5.41, 5.74) is 0.224. The van der Waals surface area contributed by atoms with Gasteiger partial charge in [-0.3, -0.25) is 0 Å². The highest BCUT2D eigenvalue weighted by molar-refractivity contribution is 4.92. The van der Waals surface area contributed by atoms with E-state index in [9.17, 15) is 0 Å². The number of ether oxygens (including phenoxy) is 1. The lowest BCUT2D eigenvalue weighted by atomic mass is 9.83. The van der Waals surface area contributed by atoms with Gasteiger partial charge in [0.25, 0.3) is 0 Å². The van der Waals surface area contributed by atoms with Gasteiger partial charge in [-0.05, 0) is 39.7 Å². The van der Waals surface area contributed by atoms with E-state index in [2.05, 4.69) is 24.9 Å². The smallest absolute Gasteiger partial charge is 0.0710 e. The molecule has 2 atom stereocenters. The number of likely N-dealkylation sites (N-methyl/N-ethyl adjacent to an activating group) is 1. The van der Waals surface area contributed by atoms with Gasteiger partial charge in [0, 0.05) is 12.6 Å². The van der Waals surface area contributed by atoms with E-state index in [0.29, 0.717) is 18.6 Å². The summed E-state index contributed by atoms with van der Waals surface area (Å²) >= 11 is 0. The van der Waals surface area contributed by atoms with Crippen molar-refractivity contribution in [3.8, 4) is 6.07 Å². The zero-order valence-corrected chi connectivity index (χ0v) is 11.8. The summed E-state index contributed by atoms with van der Waals surface area (Å²) in [5, 5.41) is 8.74. The minimum atomic E-state index is 0.224. The molecule has 0 radical (unpaired) electrons. The van der Waals surface area contributed by atoms with Gasteiger partial charge in [0.15, 0.2) is 0 Å². The van der Waals surface area contributed by atoms with Crippen LogP contribution in [-0.2, 0) is 4.74 Å². The molecule has 0 N–H and O–H groups in total. The first-order chi connectivity index (χ1) is 8.65. The Morgan fingerprint density at radius 1 is 1.33 bits per heavy atom. The molecule has 0 aromatic carbocycles. The fraction of sp³-hybridized carbons (Fsp3) is 0.933. The summed E-state index contributed by atoms with van der Waals surface area (Å²) in [4.78, 5) is 2.27. The predicted molar refractivity (Wildman–Crippen MR) is 72.2 cm³/mol. The van der Waals surface area contributed by atoms with Gasteiger partial charge in [-0.1, -0.05) is 19.3 Å². The third kappa shape index (κ3) is 3.24. The maximum Gasteiger partial charge on any atom is 0.0710 e. The van der Waals surface area contributed by atoms with E-state index in [1.165, 1.54) is 44.9 Å². The lowest BCUT2D eigenvalue weighted by Gasteiger charge is -2.34. The molecule has 3 heteroatoms. The van der Waals surface area contributed by atoms with E-state index >= 15 is 0 Å². The second-order valence-electron chi connectivity index (χ2n) is 6.17. The van der Waals surface area contributed by atoms with Crippen LogP contribution in [0, 0.1) is 11.3 Å². The molecular weight excluding hydrogens is 224 g/mol. The highest BCUT2D eigenvalue weighted by Gasteiger charge is 2.41. The fourth-order valence-electron chi connectivity index (χ4n) is 3.38. The Kier molecular flexibility index (Phi) is 4.64. The fourth-order valence-corrected chi connectivity index (χ4v) is 3.38. The number of rotatable bonds is 4. The maximum atomic E-state index is 8.74. The molecule has 2 aliphatic rings. The van der Waals surface area contributed by atoms with E-state index in [1.54, 1.807) is 0 Å². The number of nitrogens with zero attached hydrogens (tertiary/aromatic N) is 2. The molecule has 18 heavy (non-hydrogen) atoms. The molecule has 2 fully saturated rings. The second kappa shape index (κ2) is 6.04. The van der Waals surface area contributed by atoms with Crippen LogP contribution in [-0.4, -0.2) is 36.2 Å². The highest BCUT2D eigenvalue weighted by atomic mass is 16.5. The van der Waals surface area contributed by atoms with Crippen LogP contribution >= 0.6 is 0 Å². The van der Waals surface area contributed by atoms with Crippen LogP contribution in [0.2, 0.25) is 0 Å². The minimum Gasteiger partial charge on any atom is -0.370 e. The first-order valence-corrected chi connectivity index (χ1v) is 7.40. The van der Waals surface area contributed by atoms with E-state index < -0.39 is 0 Å². The Balaban J connectivity index is 1.80. The lowest BCUT2D eigenvalue weighted by Crippen LogP contribution is -2.38. The second-order valence-corrected chi connectivity index (χ2v) is 6.17. The molecule has 2 unspecified atom stereocenters. The Morgan fingerprint density at radius 3 is 2.72 bits per heavy atom. The zero-order valence-electron chi connectivity index (χ0n) is 11.8. The molecule has 1 saturated heterocycles. The van der Waals surface area contributed by atoms with Crippen molar-refractivity contribution in [3.05, 3.63) is 0 Å². The summed E-state index contributed by atoms with van der Waals surface area (Å²) in [5.74, 6) is 0. The maximum absolute atomic E-state index is 8.74. The molecule has 3 nitrogen and oxygen atoms in total. The molecule has 1 saturated carbocycles. The quantitative estimate of drug-likeness (QED) is 0.769. The molecule has 102 valence electrons. The summed E-state index contributed by atoms with van der Waals surface area (Å²) in [6, 6.07) is 2.58. The number of hydrogen-bond donors (Lipinski definition) is 0. The van der Waals surface area contributed by atoms with Crippen LogP contribution in [0.15, 0.2) is 0 Å². The van der Waals surface area contributed by atoms with Crippen molar-refractivity contribution in [2.45, 2.75) is 76.0 Å². The molecule has 1 spiro atoms. The van der Waals surface area contributed by atoms with Crippen LogP contribution in [0.4, 0.5) is 0 Å². The van der Waals surface area contributed by atoms with Gasteiger partial charge < -0.3 is 9.64 Å². The topological polar surface area (TPSA) is 36.3 Å². The molecular formula is C15H26N2O. The van der Waals surface area contributed by atoms with Crippen LogP contribution < -0.4 is 0 Å². The number of hydrogen-bond acceptors (Lipinski definition) is 3. The summed E-state index contributed by atoms with van der Waals surface area (Å²) in [6.45, 7) is 3.10. The van der Waals surface area contributed by atoms with Gasteiger partial charge in [-0.25, -0.2) is 0 Å². The van der Waals surface area contributed by atoms with Crippen molar-refractivity contribution in [2.24, 2.45) is 0 Å². The molecule has 1 aliphatic carbocycles. The summed E-state index contributed by atoms with van der Waals surface area (Å²) in [7, 11) is 2.11. The van der Waals surface area contributed by atoms with Gasteiger partial charge in [-0.15, -0.1) is 0 Å². The molecule has 0 aromatic heterocycles. The normalized spacial score (nSPS) is 28.4. The standard InChI is InChI=1S/C15H26N2O/c1-13(7-11-16)17(2)12-14-6-10-15(18-14)8-4-3-5-9-15/h13-14H,3-10,12H2,1-2H3. The summed E-state index contributed by atoms with van der Waals surface area (Å²) < 4.78 is 6.36. The van der Waals surface area contributed by atoms with Crippen molar-refractivity contribution < 1.29 is 4.74 Å². The average Bonchev–Trinajstić information content (AvgIpc) is 2.73. The first-order valence-electron chi connectivity index (χ1n) is 7.40. The first kappa shape index (κ1) is 13.8. The van der Waals surface area contributed by atoms with Crippen molar-refractivity contribution in [1.29, 1.82) is 5.26 Å². The zero-order chi connectivity index (χ0) is 13.0. The van der Waals surface area contributed by atoms with Crippen molar-refractivity contribution >= 4 is 0 Å². The largest absolute Gasteiger partial charge is 0.370 e. The Labute approximate surface area is 111 Å². The predicted octanol–water partition coefficient (Wildman–Crippen LogP) is 3.10. The Morgan fingerprint density at radius 2 is 2.06 bits per heavy atom. The van der Waals surface area contributed by atoms with Gasteiger partial charge in [0.2, 0.25) is 0 Å². The number of nitriles is 1.